The van der Waals surface area contributed by atoms with Gasteiger partial charge in [0.1, 0.15) is 11.9 Å². The van der Waals surface area contributed by atoms with Crippen molar-refractivity contribution < 1.29 is 4.39 Å². The van der Waals surface area contributed by atoms with Gasteiger partial charge in [-0.25, -0.2) is 4.39 Å². The average molecular weight is 218 g/mol. The number of nitrogens with zero attached hydrogens (tertiary/aromatic N) is 2. The molecule has 1 aromatic rings. The molecule has 0 atom stereocenters. The van der Waals surface area contributed by atoms with E-state index in [1.165, 1.54) is 18.9 Å². The van der Waals surface area contributed by atoms with Gasteiger partial charge in [0, 0.05) is 13.1 Å². The molecule has 0 radical (unpaired) electrons. The molecule has 1 aliphatic carbocycles. The van der Waals surface area contributed by atoms with Crippen molar-refractivity contribution in [3.05, 3.63) is 35.1 Å². The van der Waals surface area contributed by atoms with Crippen LogP contribution in [0.1, 0.15) is 24.0 Å². The van der Waals surface area contributed by atoms with E-state index in [0.29, 0.717) is 6.54 Å². The lowest BCUT2D eigenvalue weighted by Gasteiger charge is -2.17. The van der Waals surface area contributed by atoms with Gasteiger partial charge in [0.25, 0.3) is 0 Å². The molecule has 3 heteroatoms. The normalized spacial score (nSPS) is 15.1. The molecular formula is C13H15FN2. The van der Waals surface area contributed by atoms with Crippen LogP contribution in [0.25, 0.3) is 0 Å². The topological polar surface area (TPSA) is 27.0 Å². The minimum atomic E-state index is -0.417. The van der Waals surface area contributed by atoms with Gasteiger partial charge >= 0.3 is 0 Å². The largest absolute Gasteiger partial charge is 0.302 e. The molecule has 0 aliphatic heterocycles. The van der Waals surface area contributed by atoms with Gasteiger partial charge in [-0.15, -0.1) is 0 Å². The predicted molar refractivity (Wildman–Crippen MR) is 60.2 cm³/mol. The van der Waals surface area contributed by atoms with Gasteiger partial charge in [-0.1, -0.05) is 12.1 Å². The van der Waals surface area contributed by atoms with Gasteiger partial charge < -0.3 is 4.90 Å². The summed E-state index contributed by atoms with van der Waals surface area (Å²) in [6.07, 6.45) is 2.61. The first-order valence-corrected chi connectivity index (χ1v) is 5.56. The van der Waals surface area contributed by atoms with E-state index in [0.717, 1.165) is 18.0 Å². The van der Waals surface area contributed by atoms with E-state index in [-0.39, 0.29) is 5.56 Å². The van der Waals surface area contributed by atoms with E-state index in [1.54, 1.807) is 6.07 Å². The summed E-state index contributed by atoms with van der Waals surface area (Å²) in [5.74, 6) is 0.393. The molecule has 0 unspecified atom stereocenters. The number of halogens is 1. The second kappa shape index (κ2) is 4.63. The predicted octanol–water partition coefficient (Wildman–Crippen LogP) is 2.54. The molecule has 16 heavy (non-hydrogen) atoms. The van der Waals surface area contributed by atoms with Crippen LogP contribution in [0.5, 0.6) is 0 Å². The molecule has 0 aromatic heterocycles. The number of hydrogen-bond acceptors (Lipinski definition) is 2. The first-order valence-electron chi connectivity index (χ1n) is 5.56. The van der Waals surface area contributed by atoms with Crippen LogP contribution in [0.4, 0.5) is 4.39 Å². The maximum atomic E-state index is 13.3. The molecular weight excluding hydrogens is 203 g/mol. The van der Waals surface area contributed by atoms with Crippen molar-refractivity contribution in [1.82, 2.24) is 4.90 Å². The van der Waals surface area contributed by atoms with Crippen LogP contribution < -0.4 is 0 Å². The number of nitriles is 1. The van der Waals surface area contributed by atoms with Gasteiger partial charge in [-0.3, -0.25) is 0 Å². The van der Waals surface area contributed by atoms with Gasteiger partial charge in [-0.2, -0.15) is 5.26 Å². The van der Waals surface area contributed by atoms with Crippen molar-refractivity contribution in [2.24, 2.45) is 5.92 Å². The fraction of sp³-hybridized carbons (Fsp3) is 0.462. The number of hydrogen-bond donors (Lipinski definition) is 0. The summed E-state index contributed by atoms with van der Waals surface area (Å²) < 4.78 is 13.3. The molecule has 2 nitrogen and oxygen atoms in total. The van der Waals surface area contributed by atoms with Gasteiger partial charge in [0.15, 0.2) is 0 Å². The Morgan fingerprint density at radius 1 is 1.50 bits per heavy atom. The smallest absolute Gasteiger partial charge is 0.141 e. The summed E-state index contributed by atoms with van der Waals surface area (Å²) >= 11 is 0. The molecule has 0 amide bonds. The van der Waals surface area contributed by atoms with Crippen LogP contribution in [0.2, 0.25) is 0 Å². The zero-order chi connectivity index (χ0) is 11.5. The van der Waals surface area contributed by atoms with Crippen molar-refractivity contribution in [2.75, 3.05) is 13.6 Å². The Morgan fingerprint density at radius 3 is 2.88 bits per heavy atom. The van der Waals surface area contributed by atoms with E-state index in [2.05, 4.69) is 4.90 Å². The van der Waals surface area contributed by atoms with Crippen LogP contribution in [0.3, 0.4) is 0 Å². The quantitative estimate of drug-likeness (QED) is 0.776. The molecule has 0 spiro atoms. The lowest BCUT2D eigenvalue weighted by molar-refractivity contribution is 0.312. The second-order valence-electron chi connectivity index (χ2n) is 4.53. The van der Waals surface area contributed by atoms with E-state index in [4.69, 9.17) is 5.26 Å². The van der Waals surface area contributed by atoms with E-state index in [9.17, 15) is 4.39 Å². The third-order valence-corrected chi connectivity index (χ3v) is 2.92. The first-order chi connectivity index (χ1) is 7.70. The molecule has 0 N–H and O–H groups in total. The summed E-state index contributed by atoms with van der Waals surface area (Å²) in [5.41, 5.74) is 0.968. The summed E-state index contributed by atoms with van der Waals surface area (Å²) in [4.78, 5) is 2.16. The second-order valence-corrected chi connectivity index (χ2v) is 4.53. The highest BCUT2D eigenvalue weighted by Crippen LogP contribution is 2.29. The van der Waals surface area contributed by atoms with Crippen LogP contribution in [-0.2, 0) is 6.54 Å². The Hall–Kier alpha value is -1.40. The van der Waals surface area contributed by atoms with Crippen molar-refractivity contribution in [1.29, 1.82) is 5.26 Å². The third-order valence-electron chi connectivity index (χ3n) is 2.92. The molecule has 1 fully saturated rings. The SMILES string of the molecule is CN(Cc1cccc(F)c1C#N)CC1CC1. The molecule has 0 heterocycles. The zero-order valence-electron chi connectivity index (χ0n) is 9.41. The van der Waals surface area contributed by atoms with Crippen molar-refractivity contribution in [3.63, 3.8) is 0 Å². The molecule has 84 valence electrons. The fourth-order valence-corrected chi connectivity index (χ4v) is 1.92. The summed E-state index contributed by atoms with van der Waals surface area (Å²) in [6, 6.07) is 6.76. The highest BCUT2D eigenvalue weighted by Gasteiger charge is 2.23. The first kappa shape index (κ1) is 11.1. The van der Waals surface area contributed by atoms with E-state index < -0.39 is 5.82 Å². The number of rotatable bonds is 4. The highest BCUT2D eigenvalue weighted by molar-refractivity contribution is 5.38. The van der Waals surface area contributed by atoms with E-state index >= 15 is 0 Å². The fourth-order valence-electron chi connectivity index (χ4n) is 1.92. The minimum absolute atomic E-state index is 0.185. The van der Waals surface area contributed by atoms with Crippen LogP contribution >= 0.6 is 0 Å². The highest BCUT2D eigenvalue weighted by atomic mass is 19.1. The van der Waals surface area contributed by atoms with Crippen molar-refractivity contribution in [2.45, 2.75) is 19.4 Å². The average Bonchev–Trinajstić information content (AvgIpc) is 3.02. The summed E-state index contributed by atoms with van der Waals surface area (Å²) in [5, 5.41) is 8.90. The lowest BCUT2D eigenvalue weighted by Crippen LogP contribution is -2.21. The Balaban J connectivity index is 2.07. The maximum absolute atomic E-state index is 13.3. The Labute approximate surface area is 95.3 Å². The van der Waals surface area contributed by atoms with E-state index in [1.807, 2.05) is 19.2 Å². The third kappa shape index (κ3) is 2.59. The van der Waals surface area contributed by atoms with Gasteiger partial charge in [-0.05, 0) is 37.4 Å². The van der Waals surface area contributed by atoms with Gasteiger partial charge in [0.05, 0.1) is 5.56 Å². The van der Waals surface area contributed by atoms with Crippen LogP contribution in [-0.4, -0.2) is 18.5 Å². The molecule has 0 bridgehead atoms. The minimum Gasteiger partial charge on any atom is -0.302 e. The standard InChI is InChI=1S/C13H15FN2/c1-16(8-10-5-6-10)9-11-3-2-4-13(14)12(11)7-15/h2-4,10H,5-6,8-9H2,1H3. The van der Waals surface area contributed by atoms with Crippen LogP contribution in [0, 0.1) is 23.1 Å². The monoisotopic (exact) mass is 218 g/mol. The lowest BCUT2D eigenvalue weighted by atomic mass is 10.1. The zero-order valence-corrected chi connectivity index (χ0v) is 9.41. The summed E-state index contributed by atoms with van der Waals surface area (Å²) in [7, 11) is 2.02. The molecule has 2 rings (SSSR count). The van der Waals surface area contributed by atoms with Gasteiger partial charge in [0.2, 0.25) is 0 Å². The van der Waals surface area contributed by atoms with Crippen molar-refractivity contribution >= 4 is 0 Å². The molecule has 1 aromatic carbocycles. The molecule has 1 aliphatic rings. The Kier molecular flexibility index (Phi) is 3.21. The molecule has 1 saturated carbocycles. The van der Waals surface area contributed by atoms with Crippen LogP contribution in [0.15, 0.2) is 18.2 Å². The number of benzene rings is 1. The maximum Gasteiger partial charge on any atom is 0.141 e. The Morgan fingerprint density at radius 2 is 2.25 bits per heavy atom. The Bertz CT molecular complexity index is 418. The van der Waals surface area contributed by atoms with Crippen molar-refractivity contribution in [3.8, 4) is 6.07 Å². The molecule has 0 saturated heterocycles. The summed E-state index contributed by atoms with van der Waals surface area (Å²) in [6.45, 7) is 1.69.